The highest BCUT2D eigenvalue weighted by molar-refractivity contribution is 8.01. The Labute approximate surface area is 175 Å². The van der Waals surface area contributed by atoms with E-state index in [1.54, 1.807) is 23.9 Å². The van der Waals surface area contributed by atoms with E-state index in [0.717, 1.165) is 19.6 Å². The zero-order chi connectivity index (χ0) is 20.4. The topological polar surface area (TPSA) is 57.0 Å². The minimum atomic E-state index is -0.0470. The highest BCUT2D eigenvalue weighted by Crippen LogP contribution is 2.43. The maximum atomic E-state index is 12.8. The number of hydrogen-bond donors (Lipinski definition) is 0. The SMILES string of the molecule is Cc1ccccc1[C@@H]1S[C@@H](C)C(=O)N1CCN1CCN(C(=O)c2ccco2)CC1. The fourth-order valence-corrected chi connectivity index (χ4v) is 5.39. The lowest BCUT2D eigenvalue weighted by Gasteiger charge is -2.35. The second-order valence-electron chi connectivity index (χ2n) is 7.63. The molecule has 2 aliphatic rings. The van der Waals surface area contributed by atoms with Crippen molar-refractivity contribution in [1.82, 2.24) is 14.7 Å². The van der Waals surface area contributed by atoms with Crippen molar-refractivity contribution in [3.63, 3.8) is 0 Å². The quantitative estimate of drug-likeness (QED) is 0.754. The lowest BCUT2D eigenvalue weighted by molar-refractivity contribution is -0.130. The Morgan fingerprint density at radius 2 is 1.86 bits per heavy atom. The molecule has 0 spiro atoms. The van der Waals surface area contributed by atoms with Crippen molar-refractivity contribution in [2.45, 2.75) is 24.5 Å². The number of nitrogens with zero attached hydrogens (tertiary/aromatic N) is 3. The van der Waals surface area contributed by atoms with E-state index in [1.807, 2.05) is 28.9 Å². The number of thioether (sulfide) groups is 1. The van der Waals surface area contributed by atoms with Crippen LogP contribution in [0.3, 0.4) is 0 Å². The predicted molar refractivity (Wildman–Crippen MR) is 114 cm³/mol. The summed E-state index contributed by atoms with van der Waals surface area (Å²) in [5, 5.41) is 0.0721. The fourth-order valence-electron chi connectivity index (χ4n) is 3.99. The highest BCUT2D eigenvalue weighted by Gasteiger charge is 2.39. The molecule has 1 aromatic heterocycles. The van der Waals surface area contributed by atoms with E-state index < -0.39 is 0 Å². The van der Waals surface area contributed by atoms with Gasteiger partial charge in [-0.05, 0) is 37.1 Å². The number of rotatable bonds is 5. The van der Waals surface area contributed by atoms with Crippen LogP contribution in [0.25, 0.3) is 0 Å². The Hall–Kier alpha value is -2.25. The van der Waals surface area contributed by atoms with Crippen molar-refractivity contribution in [3.05, 3.63) is 59.5 Å². The summed E-state index contributed by atoms with van der Waals surface area (Å²) in [6.45, 7) is 8.62. The van der Waals surface area contributed by atoms with Crippen LogP contribution < -0.4 is 0 Å². The molecule has 0 unspecified atom stereocenters. The Kier molecular flexibility index (Phi) is 5.96. The summed E-state index contributed by atoms with van der Waals surface area (Å²) in [7, 11) is 0. The Morgan fingerprint density at radius 3 is 2.55 bits per heavy atom. The van der Waals surface area contributed by atoms with Gasteiger partial charge in [0, 0.05) is 39.3 Å². The first-order valence-corrected chi connectivity index (χ1v) is 11.1. The molecule has 0 bridgehead atoms. The number of carbonyl (C=O) groups excluding carboxylic acids is 2. The van der Waals surface area contributed by atoms with Gasteiger partial charge in [0.15, 0.2) is 5.76 Å². The summed E-state index contributed by atoms with van der Waals surface area (Å²) < 4.78 is 5.22. The van der Waals surface area contributed by atoms with Gasteiger partial charge in [0.2, 0.25) is 5.91 Å². The number of aryl methyl sites for hydroxylation is 1. The molecule has 0 radical (unpaired) electrons. The third-order valence-electron chi connectivity index (χ3n) is 5.75. The van der Waals surface area contributed by atoms with Gasteiger partial charge in [-0.1, -0.05) is 24.3 Å². The molecular formula is C22H27N3O3S. The van der Waals surface area contributed by atoms with Crippen LogP contribution in [0.5, 0.6) is 0 Å². The summed E-state index contributed by atoms with van der Waals surface area (Å²) in [5.41, 5.74) is 2.45. The van der Waals surface area contributed by atoms with Gasteiger partial charge >= 0.3 is 0 Å². The molecule has 154 valence electrons. The smallest absolute Gasteiger partial charge is 0.289 e. The molecule has 1 aromatic carbocycles. The second-order valence-corrected chi connectivity index (χ2v) is 9.06. The summed E-state index contributed by atoms with van der Waals surface area (Å²) in [6.07, 6.45) is 1.53. The number of furan rings is 1. The molecule has 7 heteroatoms. The Morgan fingerprint density at radius 1 is 1.10 bits per heavy atom. The average molecular weight is 414 g/mol. The van der Waals surface area contributed by atoms with Crippen molar-refractivity contribution < 1.29 is 14.0 Å². The lowest BCUT2D eigenvalue weighted by Crippen LogP contribution is -2.50. The van der Waals surface area contributed by atoms with Crippen LogP contribution in [0.4, 0.5) is 0 Å². The molecule has 6 nitrogen and oxygen atoms in total. The van der Waals surface area contributed by atoms with Gasteiger partial charge in [0.1, 0.15) is 5.37 Å². The van der Waals surface area contributed by atoms with Crippen LogP contribution in [-0.4, -0.2) is 71.0 Å². The minimum absolute atomic E-state index is 0.0117. The molecule has 3 heterocycles. The molecule has 0 saturated carbocycles. The standard InChI is InChI=1S/C22H27N3O3S/c1-16-6-3-4-7-18(16)22-25(20(26)17(2)29-22)14-11-23-9-12-24(13-10-23)21(27)19-8-5-15-28-19/h3-8,15,17,22H,9-14H2,1-2H3/t17-,22-/m0/s1. The first kappa shape index (κ1) is 20.0. The maximum Gasteiger partial charge on any atom is 0.289 e. The van der Waals surface area contributed by atoms with E-state index in [-0.39, 0.29) is 22.4 Å². The van der Waals surface area contributed by atoms with Crippen LogP contribution in [0.1, 0.15) is 34.0 Å². The van der Waals surface area contributed by atoms with E-state index >= 15 is 0 Å². The van der Waals surface area contributed by atoms with Crippen LogP contribution >= 0.6 is 11.8 Å². The number of carbonyl (C=O) groups is 2. The molecule has 2 fully saturated rings. The number of piperazine rings is 1. The summed E-state index contributed by atoms with van der Waals surface area (Å²) >= 11 is 1.73. The molecule has 2 atom stereocenters. The molecule has 2 saturated heterocycles. The third kappa shape index (κ3) is 4.21. The Balaban J connectivity index is 1.34. The molecule has 0 aliphatic carbocycles. The number of benzene rings is 1. The van der Waals surface area contributed by atoms with E-state index in [0.29, 0.717) is 25.4 Å². The molecule has 2 amide bonds. The largest absolute Gasteiger partial charge is 0.459 e. The van der Waals surface area contributed by atoms with Gasteiger partial charge in [0.25, 0.3) is 5.91 Å². The van der Waals surface area contributed by atoms with Gasteiger partial charge in [-0.2, -0.15) is 0 Å². The summed E-state index contributed by atoms with van der Waals surface area (Å²) in [6, 6.07) is 11.8. The van der Waals surface area contributed by atoms with Crippen molar-refractivity contribution in [3.8, 4) is 0 Å². The second kappa shape index (κ2) is 8.63. The number of hydrogen-bond acceptors (Lipinski definition) is 5. The molecule has 2 aromatic rings. The van der Waals surface area contributed by atoms with Gasteiger partial charge in [-0.25, -0.2) is 0 Å². The van der Waals surface area contributed by atoms with Gasteiger partial charge in [0.05, 0.1) is 11.5 Å². The maximum absolute atomic E-state index is 12.8. The molecular weight excluding hydrogens is 386 g/mol. The zero-order valence-corrected chi connectivity index (χ0v) is 17.7. The van der Waals surface area contributed by atoms with Crippen LogP contribution in [0.15, 0.2) is 47.1 Å². The van der Waals surface area contributed by atoms with E-state index in [2.05, 4.69) is 24.0 Å². The van der Waals surface area contributed by atoms with Crippen molar-refractivity contribution in [2.24, 2.45) is 0 Å². The van der Waals surface area contributed by atoms with Crippen LogP contribution in [0.2, 0.25) is 0 Å². The molecule has 29 heavy (non-hydrogen) atoms. The average Bonchev–Trinajstić information content (AvgIpc) is 3.36. The van der Waals surface area contributed by atoms with Crippen molar-refractivity contribution >= 4 is 23.6 Å². The van der Waals surface area contributed by atoms with Gasteiger partial charge in [-0.3, -0.25) is 14.5 Å². The van der Waals surface area contributed by atoms with Gasteiger partial charge in [-0.15, -0.1) is 11.8 Å². The van der Waals surface area contributed by atoms with Crippen molar-refractivity contribution in [2.75, 3.05) is 39.3 Å². The normalized spacial score (nSPS) is 23.0. The lowest BCUT2D eigenvalue weighted by atomic mass is 10.1. The van der Waals surface area contributed by atoms with E-state index in [4.69, 9.17) is 4.42 Å². The summed E-state index contributed by atoms with van der Waals surface area (Å²) in [4.78, 5) is 31.4. The van der Waals surface area contributed by atoms with Crippen LogP contribution in [-0.2, 0) is 4.79 Å². The van der Waals surface area contributed by atoms with Crippen LogP contribution in [0, 0.1) is 6.92 Å². The zero-order valence-electron chi connectivity index (χ0n) is 16.9. The van der Waals surface area contributed by atoms with Gasteiger partial charge < -0.3 is 14.2 Å². The van der Waals surface area contributed by atoms with Crippen molar-refractivity contribution in [1.29, 1.82) is 0 Å². The first-order valence-electron chi connectivity index (χ1n) is 10.1. The van der Waals surface area contributed by atoms with E-state index in [9.17, 15) is 9.59 Å². The highest BCUT2D eigenvalue weighted by atomic mass is 32.2. The summed E-state index contributed by atoms with van der Waals surface area (Å²) in [5.74, 6) is 0.567. The predicted octanol–water partition coefficient (Wildman–Crippen LogP) is 3.01. The van der Waals surface area contributed by atoms with E-state index in [1.165, 1.54) is 17.4 Å². The fraction of sp³-hybridized carbons (Fsp3) is 0.455. The molecule has 4 rings (SSSR count). The third-order valence-corrected chi connectivity index (χ3v) is 7.13. The first-order chi connectivity index (χ1) is 14.0. The number of amides is 2. The molecule has 2 aliphatic heterocycles. The monoisotopic (exact) mass is 413 g/mol. The minimum Gasteiger partial charge on any atom is -0.459 e. The Bertz CT molecular complexity index is 862. The molecule has 0 N–H and O–H groups in total.